The molecule has 2 N–H and O–H groups in total. The maximum absolute atomic E-state index is 13.6. The molecule has 1 heterocycles. The molecule has 2 rings (SSSR count). The Balaban J connectivity index is 2.27. The molecule has 0 saturated heterocycles. The molecular weight excluding hydrogens is 285 g/mol. The predicted octanol–water partition coefficient (Wildman–Crippen LogP) is 1.13. The Kier molecular flexibility index (Phi) is 4.70. The Morgan fingerprint density at radius 1 is 1.35 bits per heavy atom. The molecule has 106 valence electrons. The standard InChI is InChI=1S/C12H12FN3O3S/c13-9-4-2-1-3-8(9)5-16-10(6-17)14-15-12(16)20-7-11(18)19/h1-4,17H,5-7H2,(H,18,19). The van der Waals surface area contributed by atoms with E-state index in [0.717, 1.165) is 11.8 Å². The van der Waals surface area contributed by atoms with Gasteiger partial charge >= 0.3 is 5.97 Å². The van der Waals surface area contributed by atoms with Crippen LogP contribution in [0.2, 0.25) is 0 Å². The van der Waals surface area contributed by atoms with Crippen LogP contribution in [0.4, 0.5) is 4.39 Å². The molecule has 0 saturated carbocycles. The van der Waals surface area contributed by atoms with Gasteiger partial charge in [0.2, 0.25) is 0 Å². The van der Waals surface area contributed by atoms with Crippen molar-refractivity contribution in [1.82, 2.24) is 14.8 Å². The van der Waals surface area contributed by atoms with Gasteiger partial charge in [-0.3, -0.25) is 9.36 Å². The van der Waals surface area contributed by atoms with Gasteiger partial charge in [0.1, 0.15) is 12.4 Å². The number of carbonyl (C=O) groups is 1. The minimum Gasteiger partial charge on any atom is -0.481 e. The maximum atomic E-state index is 13.6. The van der Waals surface area contributed by atoms with E-state index in [-0.39, 0.29) is 30.5 Å². The molecule has 0 bridgehead atoms. The number of hydrogen-bond donors (Lipinski definition) is 2. The summed E-state index contributed by atoms with van der Waals surface area (Å²) >= 11 is 0.973. The number of aliphatic hydroxyl groups is 1. The van der Waals surface area contributed by atoms with E-state index in [1.54, 1.807) is 18.2 Å². The highest BCUT2D eigenvalue weighted by Gasteiger charge is 2.15. The molecule has 0 fully saturated rings. The molecule has 0 radical (unpaired) electrons. The molecule has 0 atom stereocenters. The number of carboxylic acids is 1. The van der Waals surface area contributed by atoms with Crippen molar-refractivity contribution < 1.29 is 19.4 Å². The van der Waals surface area contributed by atoms with Crippen LogP contribution in [-0.2, 0) is 17.9 Å². The maximum Gasteiger partial charge on any atom is 0.313 e. The zero-order chi connectivity index (χ0) is 14.5. The monoisotopic (exact) mass is 297 g/mol. The van der Waals surface area contributed by atoms with Crippen LogP contribution in [0.1, 0.15) is 11.4 Å². The number of benzene rings is 1. The normalized spacial score (nSPS) is 10.7. The number of rotatable bonds is 6. The second kappa shape index (κ2) is 6.49. The topological polar surface area (TPSA) is 88.2 Å². The van der Waals surface area contributed by atoms with Crippen molar-refractivity contribution in [3.63, 3.8) is 0 Å². The van der Waals surface area contributed by atoms with E-state index in [0.29, 0.717) is 10.7 Å². The summed E-state index contributed by atoms with van der Waals surface area (Å²) in [6.45, 7) is -0.216. The predicted molar refractivity (Wildman–Crippen MR) is 69.8 cm³/mol. The van der Waals surface area contributed by atoms with Crippen LogP contribution < -0.4 is 0 Å². The Labute approximate surface area is 118 Å². The molecule has 0 unspecified atom stereocenters. The van der Waals surface area contributed by atoms with Crippen LogP contribution in [0.5, 0.6) is 0 Å². The fourth-order valence-electron chi connectivity index (χ4n) is 1.62. The van der Waals surface area contributed by atoms with Crippen molar-refractivity contribution in [2.45, 2.75) is 18.3 Å². The first-order valence-electron chi connectivity index (χ1n) is 5.72. The fraction of sp³-hybridized carbons (Fsp3) is 0.250. The lowest BCUT2D eigenvalue weighted by atomic mass is 10.2. The number of halogens is 1. The summed E-state index contributed by atoms with van der Waals surface area (Å²) in [5.41, 5.74) is 0.416. The van der Waals surface area contributed by atoms with Crippen molar-refractivity contribution in [3.8, 4) is 0 Å². The quantitative estimate of drug-likeness (QED) is 0.777. The molecule has 2 aromatic rings. The minimum absolute atomic E-state index is 0.136. The summed E-state index contributed by atoms with van der Waals surface area (Å²) in [7, 11) is 0. The number of aliphatic hydroxyl groups excluding tert-OH is 1. The van der Waals surface area contributed by atoms with Gasteiger partial charge in [0, 0.05) is 5.56 Å². The van der Waals surface area contributed by atoms with Gasteiger partial charge in [0.15, 0.2) is 11.0 Å². The van der Waals surface area contributed by atoms with Crippen LogP contribution >= 0.6 is 11.8 Å². The molecule has 1 aromatic carbocycles. The first-order valence-corrected chi connectivity index (χ1v) is 6.71. The molecule has 0 aliphatic carbocycles. The summed E-state index contributed by atoms with van der Waals surface area (Å²) < 4.78 is 15.2. The van der Waals surface area contributed by atoms with Crippen molar-refractivity contribution >= 4 is 17.7 Å². The van der Waals surface area contributed by atoms with Gasteiger partial charge in [-0.2, -0.15) is 0 Å². The van der Waals surface area contributed by atoms with Gasteiger partial charge in [0.25, 0.3) is 0 Å². The van der Waals surface area contributed by atoms with Crippen molar-refractivity contribution in [2.75, 3.05) is 5.75 Å². The number of nitrogens with zero attached hydrogens (tertiary/aromatic N) is 3. The van der Waals surface area contributed by atoms with Gasteiger partial charge < -0.3 is 10.2 Å². The van der Waals surface area contributed by atoms with Crippen LogP contribution in [0.15, 0.2) is 29.4 Å². The van der Waals surface area contributed by atoms with Crippen molar-refractivity contribution in [2.24, 2.45) is 0 Å². The summed E-state index contributed by atoms with van der Waals surface area (Å²) in [6, 6.07) is 6.23. The molecule has 0 aliphatic heterocycles. The van der Waals surface area contributed by atoms with E-state index < -0.39 is 5.97 Å². The highest BCUT2D eigenvalue weighted by atomic mass is 32.2. The van der Waals surface area contributed by atoms with E-state index in [1.165, 1.54) is 10.6 Å². The summed E-state index contributed by atoms with van der Waals surface area (Å²) in [5.74, 6) is -1.28. The lowest BCUT2D eigenvalue weighted by Gasteiger charge is -2.09. The third-order valence-corrected chi connectivity index (χ3v) is 3.50. The van der Waals surface area contributed by atoms with Crippen molar-refractivity contribution in [1.29, 1.82) is 0 Å². The van der Waals surface area contributed by atoms with Crippen molar-refractivity contribution in [3.05, 3.63) is 41.5 Å². The van der Waals surface area contributed by atoms with Gasteiger partial charge in [-0.1, -0.05) is 30.0 Å². The van der Waals surface area contributed by atoms with Gasteiger partial charge in [-0.25, -0.2) is 4.39 Å². The average molecular weight is 297 g/mol. The Bertz CT molecular complexity index is 618. The highest BCUT2D eigenvalue weighted by Crippen LogP contribution is 2.19. The first kappa shape index (κ1) is 14.5. The van der Waals surface area contributed by atoms with Gasteiger partial charge in [-0.15, -0.1) is 10.2 Å². The summed E-state index contributed by atoms with van der Waals surface area (Å²) in [6.07, 6.45) is 0. The Hall–Kier alpha value is -1.93. The number of aromatic nitrogens is 3. The molecule has 6 nitrogen and oxygen atoms in total. The van der Waals surface area contributed by atoms with Crippen LogP contribution in [0, 0.1) is 5.82 Å². The number of hydrogen-bond acceptors (Lipinski definition) is 5. The van der Waals surface area contributed by atoms with Crippen LogP contribution in [-0.4, -0.2) is 36.7 Å². The second-order valence-electron chi connectivity index (χ2n) is 3.92. The lowest BCUT2D eigenvalue weighted by molar-refractivity contribution is -0.133. The van der Waals surface area contributed by atoms with Crippen LogP contribution in [0.3, 0.4) is 0 Å². The molecule has 0 amide bonds. The highest BCUT2D eigenvalue weighted by molar-refractivity contribution is 7.99. The smallest absolute Gasteiger partial charge is 0.313 e. The number of thioether (sulfide) groups is 1. The Morgan fingerprint density at radius 2 is 2.10 bits per heavy atom. The SMILES string of the molecule is O=C(O)CSc1nnc(CO)n1Cc1ccccc1F. The third kappa shape index (κ3) is 3.34. The fourth-order valence-corrected chi connectivity index (χ4v) is 2.30. The molecule has 20 heavy (non-hydrogen) atoms. The molecule has 0 aliphatic rings. The molecule has 8 heteroatoms. The zero-order valence-corrected chi connectivity index (χ0v) is 11.2. The first-order chi connectivity index (χ1) is 9.61. The number of carboxylic acid groups (broad SMARTS) is 1. The average Bonchev–Trinajstić information content (AvgIpc) is 2.81. The largest absolute Gasteiger partial charge is 0.481 e. The molecular formula is C12H12FN3O3S. The Morgan fingerprint density at radius 3 is 2.75 bits per heavy atom. The zero-order valence-electron chi connectivity index (χ0n) is 10.4. The minimum atomic E-state index is -0.985. The van der Waals surface area contributed by atoms with E-state index in [2.05, 4.69) is 10.2 Å². The summed E-state index contributed by atoms with van der Waals surface area (Å²) in [5, 5.41) is 25.8. The molecule has 1 aromatic heterocycles. The summed E-state index contributed by atoms with van der Waals surface area (Å²) in [4.78, 5) is 10.6. The number of aliphatic carboxylic acids is 1. The molecule has 0 spiro atoms. The second-order valence-corrected chi connectivity index (χ2v) is 4.86. The van der Waals surface area contributed by atoms with Gasteiger partial charge in [0.05, 0.1) is 12.3 Å². The van der Waals surface area contributed by atoms with Crippen LogP contribution in [0.25, 0.3) is 0 Å². The van der Waals surface area contributed by atoms with E-state index in [9.17, 15) is 14.3 Å². The van der Waals surface area contributed by atoms with Gasteiger partial charge in [-0.05, 0) is 6.07 Å². The van der Waals surface area contributed by atoms with E-state index in [1.807, 2.05) is 0 Å². The van der Waals surface area contributed by atoms with E-state index >= 15 is 0 Å². The lowest BCUT2D eigenvalue weighted by Crippen LogP contribution is -2.09. The third-order valence-electron chi connectivity index (χ3n) is 2.55. The van der Waals surface area contributed by atoms with E-state index in [4.69, 9.17) is 5.11 Å².